The van der Waals surface area contributed by atoms with Crippen LogP contribution in [0.4, 0.5) is 0 Å². The van der Waals surface area contributed by atoms with Crippen LogP contribution in [0.15, 0.2) is 83.9 Å². The second-order valence-electron chi connectivity index (χ2n) is 8.78. The summed E-state index contributed by atoms with van der Waals surface area (Å²) < 4.78 is 0. The number of aromatic nitrogens is 1. The van der Waals surface area contributed by atoms with E-state index in [1.165, 1.54) is 33.2 Å². The number of hydrogen-bond acceptors (Lipinski definition) is 3. The summed E-state index contributed by atoms with van der Waals surface area (Å²) in [5.41, 5.74) is 8.45. The van der Waals surface area contributed by atoms with Gasteiger partial charge in [-0.25, -0.2) is 4.98 Å². The van der Waals surface area contributed by atoms with Gasteiger partial charge in [0.05, 0.1) is 23.8 Å². The number of nitrogens with zero attached hydrogens (tertiary/aromatic N) is 2. The molecule has 166 valence electrons. The molecular weight excluding hydrogens is 402 g/mol. The zero-order valence-corrected chi connectivity index (χ0v) is 19.5. The van der Waals surface area contributed by atoms with E-state index in [0.29, 0.717) is 0 Å². The molecule has 0 spiro atoms. The number of aliphatic imine (C=N–C) groups is 1. The van der Waals surface area contributed by atoms with E-state index in [4.69, 9.17) is 9.98 Å². The Hall–Kier alpha value is -3.46. The van der Waals surface area contributed by atoms with Crippen LogP contribution in [0, 0.1) is 0 Å². The molecule has 1 N–H and O–H groups in total. The molecular formula is C30H31N3. The first-order valence-electron chi connectivity index (χ1n) is 12.2. The van der Waals surface area contributed by atoms with Crippen LogP contribution in [-0.2, 0) is 12.8 Å². The summed E-state index contributed by atoms with van der Waals surface area (Å²) in [5.74, 6) is 1.00. The summed E-state index contributed by atoms with van der Waals surface area (Å²) >= 11 is 0. The molecule has 3 heteroatoms. The molecule has 1 atom stereocenters. The average Bonchev–Trinajstić information content (AvgIpc) is 3.37. The maximum absolute atomic E-state index is 5.14. The third-order valence-electron chi connectivity index (χ3n) is 6.59. The molecule has 0 fully saturated rings. The van der Waals surface area contributed by atoms with Crippen LogP contribution >= 0.6 is 0 Å². The Morgan fingerprint density at radius 3 is 2.39 bits per heavy atom. The van der Waals surface area contributed by atoms with Gasteiger partial charge >= 0.3 is 0 Å². The molecule has 0 saturated carbocycles. The van der Waals surface area contributed by atoms with Crippen molar-refractivity contribution in [2.24, 2.45) is 4.99 Å². The number of rotatable bonds is 7. The van der Waals surface area contributed by atoms with Crippen molar-refractivity contribution >= 4 is 16.7 Å². The number of fused-ring (bicyclic) bond motifs is 1. The van der Waals surface area contributed by atoms with Crippen molar-refractivity contribution in [1.82, 2.24) is 10.3 Å². The van der Waals surface area contributed by atoms with Crippen molar-refractivity contribution in [1.29, 1.82) is 0 Å². The van der Waals surface area contributed by atoms with Gasteiger partial charge in [0.2, 0.25) is 0 Å². The largest absolute Gasteiger partial charge is 0.361 e. The molecule has 2 heterocycles. The van der Waals surface area contributed by atoms with Crippen LogP contribution in [0.3, 0.4) is 0 Å². The molecule has 1 aromatic heterocycles. The van der Waals surface area contributed by atoms with Crippen LogP contribution in [0.5, 0.6) is 0 Å². The SMILES string of the molecule is CCCCc1c(-c2ccccc2)nc2ccccc2c1C1=NCC(c2ccc(CC)cc2)N1. The molecule has 1 aliphatic rings. The lowest BCUT2D eigenvalue weighted by molar-refractivity contribution is 0.708. The summed E-state index contributed by atoms with van der Waals surface area (Å²) in [6.45, 7) is 5.20. The smallest absolute Gasteiger partial charge is 0.129 e. The van der Waals surface area contributed by atoms with Crippen molar-refractivity contribution in [2.45, 2.75) is 45.6 Å². The quantitative estimate of drug-likeness (QED) is 0.344. The Kier molecular flexibility index (Phi) is 6.21. The Morgan fingerprint density at radius 1 is 0.879 bits per heavy atom. The third kappa shape index (κ3) is 4.28. The van der Waals surface area contributed by atoms with Crippen LogP contribution in [0.25, 0.3) is 22.2 Å². The van der Waals surface area contributed by atoms with Gasteiger partial charge in [-0.2, -0.15) is 0 Å². The van der Waals surface area contributed by atoms with Crippen LogP contribution in [0.2, 0.25) is 0 Å². The molecule has 1 unspecified atom stereocenters. The zero-order chi connectivity index (χ0) is 22.6. The second kappa shape index (κ2) is 9.58. The molecule has 0 saturated heterocycles. The lowest BCUT2D eigenvalue weighted by Gasteiger charge is -2.19. The number of nitrogens with one attached hydrogen (secondary N) is 1. The monoisotopic (exact) mass is 433 g/mol. The molecule has 0 bridgehead atoms. The molecule has 0 amide bonds. The fourth-order valence-electron chi connectivity index (χ4n) is 4.72. The van der Waals surface area contributed by atoms with Crippen molar-refractivity contribution < 1.29 is 0 Å². The van der Waals surface area contributed by atoms with E-state index in [9.17, 15) is 0 Å². The molecule has 5 rings (SSSR count). The summed E-state index contributed by atoms with van der Waals surface area (Å²) in [4.78, 5) is 10.2. The number of hydrogen-bond donors (Lipinski definition) is 1. The van der Waals surface area contributed by atoms with Crippen LogP contribution in [-0.4, -0.2) is 17.4 Å². The van der Waals surface area contributed by atoms with Gasteiger partial charge in [-0.15, -0.1) is 0 Å². The number of unbranched alkanes of at least 4 members (excludes halogenated alkanes) is 1. The Labute approximate surface area is 196 Å². The highest BCUT2D eigenvalue weighted by Gasteiger charge is 2.26. The number of para-hydroxylation sites is 1. The maximum Gasteiger partial charge on any atom is 0.129 e. The first-order chi connectivity index (χ1) is 16.3. The zero-order valence-electron chi connectivity index (χ0n) is 19.5. The maximum atomic E-state index is 5.14. The minimum atomic E-state index is 0.206. The highest BCUT2D eigenvalue weighted by molar-refractivity contribution is 6.12. The predicted octanol–water partition coefficient (Wildman–Crippen LogP) is 6.90. The molecule has 3 nitrogen and oxygen atoms in total. The summed E-state index contributed by atoms with van der Waals surface area (Å²) in [7, 11) is 0. The van der Waals surface area contributed by atoms with Gasteiger partial charge in [0.25, 0.3) is 0 Å². The van der Waals surface area contributed by atoms with E-state index in [2.05, 4.69) is 98.0 Å². The highest BCUT2D eigenvalue weighted by atomic mass is 15.1. The third-order valence-corrected chi connectivity index (χ3v) is 6.59. The van der Waals surface area contributed by atoms with Crippen LogP contribution in [0.1, 0.15) is 55.0 Å². The van der Waals surface area contributed by atoms with E-state index in [-0.39, 0.29) is 6.04 Å². The van der Waals surface area contributed by atoms with E-state index >= 15 is 0 Å². The molecule has 0 radical (unpaired) electrons. The average molecular weight is 434 g/mol. The molecule has 1 aliphatic heterocycles. The van der Waals surface area contributed by atoms with Gasteiger partial charge in [0, 0.05) is 16.5 Å². The topological polar surface area (TPSA) is 37.3 Å². The van der Waals surface area contributed by atoms with Crippen molar-refractivity contribution in [3.63, 3.8) is 0 Å². The van der Waals surface area contributed by atoms with Gasteiger partial charge in [-0.3, -0.25) is 4.99 Å². The minimum Gasteiger partial charge on any atom is -0.361 e. The van der Waals surface area contributed by atoms with Crippen molar-refractivity contribution in [3.05, 3.63) is 101 Å². The Bertz CT molecular complexity index is 1270. The summed E-state index contributed by atoms with van der Waals surface area (Å²) in [6, 6.07) is 28.2. The Morgan fingerprint density at radius 2 is 1.64 bits per heavy atom. The number of pyridine rings is 1. The lowest BCUT2D eigenvalue weighted by atomic mass is 9.92. The lowest BCUT2D eigenvalue weighted by Crippen LogP contribution is -2.25. The fraction of sp³-hybridized carbons (Fsp3) is 0.267. The van der Waals surface area contributed by atoms with E-state index in [1.54, 1.807) is 0 Å². The normalized spacial score (nSPS) is 15.5. The minimum absolute atomic E-state index is 0.206. The molecule has 4 aromatic rings. The van der Waals surface area contributed by atoms with E-state index in [1.807, 2.05) is 0 Å². The number of benzene rings is 3. The van der Waals surface area contributed by atoms with E-state index in [0.717, 1.165) is 49.3 Å². The van der Waals surface area contributed by atoms with Crippen LogP contribution < -0.4 is 5.32 Å². The standard InChI is InChI=1S/C30H31N3/c1-3-5-13-25-28(30-31-20-27(33-30)22-18-16-21(4-2)17-19-22)24-14-9-10-15-26(24)32-29(25)23-11-7-6-8-12-23/h6-12,14-19,27H,3-5,13,20H2,1-2H3,(H,31,33). The van der Waals surface area contributed by atoms with Gasteiger partial charge in [-0.05, 0) is 42.0 Å². The van der Waals surface area contributed by atoms with E-state index < -0.39 is 0 Å². The summed E-state index contributed by atoms with van der Waals surface area (Å²) in [6.07, 6.45) is 4.32. The first-order valence-corrected chi connectivity index (χ1v) is 12.2. The van der Waals surface area contributed by atoms with Gasteiger partial charge in [0.1, 0.15) is 5.84 Å². The second-order valence-corrected chi connectivity index (χ2v) is 8.78. The number of aryl methyl sites for hydroxylation is 1. The van der Waals surface area contributed by atoms with Gasteiger partial charge in [-0.1, -0.05) is 93.1 Å². The first kappa shape index (κ1) is 21.4. The predicted molar refractivity (Wildman–Crippen MR) is 139 cm³/mol. The number of amidine groups is 1. The van der Waals surface area contributed by atoms with Crippen molar-refractivity contribution in [2.75, 3.05) is 6.54 Å². The summed E-state index contributed by atoms with van der Waals surface area (Å²) in [5, 5.41) is 4.95. The molecule has 3 aromatic carbocycles. The van der Waals surface area contributed by atoms with Crippen molar-refractivity contribution in [3.8, 4) is 11.3 Å². The fourth-order valence-corrected chi connectivity index (χ4v) is 4.72. The van der Waals surface area contributed by atoms with Gasteiger partial charge < -0.3 is 5.32 Å². The Balaban J connectivity index is 1.62. The highest BCUT2D eigenvalue weighted by Crippen LogP contribution is 2.33. The molecule has 0 aliphatic carbocycles. The molecule has 33 heavy (non-hydrogen) atoms. The van der Waals surface area contributed by atoms with Gasteiger partial charge in [0.15, 0.2) is 0 Å².